The topological polar surface area (TPSA) is 55.7 Å². The minimum atomic E-state index is -0.445. The van der Waals surface area contributed by atoms with Crippen LogP contribution in [0.2, 0.25) is 0 Å². The molecule has 0 amide bonds. The number of halogens is 1. The summed E-state index contributed by atoms with van der Waals surface area (Å²) in [5.74, 6) is -0.445. The van der Waals surface area contributed by atoms with Gasteiger partial charge in [0, 0.05) is 25.3 Å². The Bertz CT molecular complexity index is 873. The molecule has 3 aromatic rings. The van der Waals surface area contributed by atoms with Gasteiger partial charge in [-0.25, -0.2) is 4.39 Å². The molecule has 4 nitrogen and oxygen atoms in total. The zero-order valence-electron chi connectivity index (χ0n) is 12.8. The normalized spacial score (nSPS) is 10.3. The fourth-order valence-corrected chi connectivity index (χ4v) is 2.36. The summed E-state index contributed by atoms with van der Waals surface area (Å²) in [5, 5.41) is 16.1. The monoisotopic (exact) mass is 306 g/mol. The summed E-state index contributed by atoms with van der Waals surface area (Å²) in [6.45, 7) is 0. The highest BCUT2D eigenvalue weighted by Gasteiger charge is 2.09. The molecule has 0 saturated heterocycles. The Morgan fingerprint density at radius 3 is 2.43 bits per heavy atom. The van der Waals surface area contributed by atoms with Gasteiger partial charge in [0.1, 0.15) is 5.82 Å². The third-order valence-electron chi connectivity index (χ3n) is 3.60. The van der Waals surface area contributed by atoms with E-state index in [2.05, 4.69) is 10.2 Å². The first-order chi connectivity index (χ1) is 11.1. The number of rotatable bonds is 3. The van der Waals surface area contributed by atoms with Crippen LogP contribution in [0.3, 0.4) is 0 Å². The van der Waals surface area contributed by atoms with Gasteiger partial charge in [0.15, 0.2) is 0 Å². The molecule has 5 heteroatoms. The second-order valence-corrected chi connectivity index (χ2v) is 5.45. The van der Waals surface area contributed by atoms with Crippen molar-refractivity contribution in [3.63, 3.8) is 0 Å². The van der Waals surface area contributed by atoms with E-state index in [1.54, 1.807) is 6.07 Å². The SMILES string of the molecule is CN(C)c1ccc(-c2cc(-c3cc(F)cc(C#N)c3)n[nH]2)cc1. The number of hydrogen-bond acceptors (Lipinski definition) is 3. The average Bonchev–Trinajstić information content (AvgIpc) is 3.04. The van der Waals surface area contributed by atoms with Crippen molar-refractivity contribution >= 4 is 5.69 Å². The van der Waals surface area contributed by atoms with Crippen LogP contribution < -0.4 is 4.90 Å². The first-order valence-electron chi connectivity index (χ1n) is 7.11. The molecule has 0 saturated carbocycles. The van der Waals surface area contributed by atoms with Crippen LogP contribution in [0.5, 0.6) is 0 Å². The molecule has 1 aromatic heterocycles. The van der Waals surface area contributed by atoms with E-state index in [-0.39, 0.29) is 5.56 Å². The zero-order chi connectivity index (χ0) is 16.4. The number of anilines is 1. The molecule has 0 radical (unpaired) electrons. The smallest absolute Gasteiger partial charge is 0.125 e. The van der Waals surface area contributed by atoms with E-state index in [1.165, 1.54) is 12.1 Å². The number of aromatic amines is 1. The zero-order valence-corrected chi connectivity index (χ0v) is 12.8. The number of aromatic nitrogens is 2. The molecule has 0 atom stereocenters. The van der Waals surface area contributed by atoms with Crippen molar-refractivity contribution in [2.24, 2.45) is 0 Å². The molecule has 0 bridgehead atoms. The highest BCUT2D eigenvalue weighted by Crippen LogP contribution is 2.26. The van der Waals surface area contributed by atoms with Gasteiger partial charge in [0.2, 0.25) is 0 Å². The van der Waals surface area contributed by atoms with Crippen molar-refractivity contribution in [1.29, 1.82) is 5.26 Å². The van der Waals surface area contributed by atoms with Gasteiger partial charge in [-0.15, -0.1) is 0 Å². The molecule has 0 unspecified atom stereocenters. The summed E-state index contributed by atoms with van der Waals surface area (Å²) < 4.78 is 13.6. The van der Waals surface area contributed by atoms with Gasteiger partial charge in [-0.2, -0.15) is 10.4 Å². The van der Waals surface area contributed by atoms with Crippen molar-refractivity contribution in [1.82, 2.24) is 10.2 Å². The van der Waals surface area contributed by atoms with Gasteiger partial charge in [-0.3, -0.25) is 5.10 Å². The third kappa shape index (κ3) is 3.06. The lowest BCUT2D eigenvalue weighted by atomic mass is 10.1. The third-order valence-corrected chi connectivity index (χ3v) is 3.60. The van der Waals surface area contributed by atoms with E-state index in [4.69, 9.17) is 5.26 Å². The number of benzene rings is 2. The molecule has 3 rings (SSSR count). The van der Waals surface area contributed by atoms with Gasteiger partial charge in [0.25, 0.3) is 0 Å². The first-order valence-corrected chi connectivity index (χ1v) is 7.11. The van der Waals surface area contributed by atoms with Crippen molar-refractivity contribution in [2.45, 2.75) is 0 Å². The fraction of sp³-hybridized carbons (Fsp3) is 0.111. The molecular weight excluding hydrogens is 291 g/mol. The Labute approximate surface area is 133 Å². The Balaban J connectivity index is 1.94. The maximum atomic E-state index is 13.6. The van der Waals surface area contributed by atoms with Crippen molar-refractivity contribution in [3.05, 3.63) is 59.9 Å². The van der Waals surface area contributed by atoms with Crippen LogP contribution in [0, 0.1) is 17.1 Å². The molecule has 2 aromatic carbocycles. The highest BCUT2D eigenvalue weighted by molar-refractivity contribution is 5.70. The van der Waals surface area contributed by atoms with E-state index in [0.717, 1.165) is 16.9 Å². The highest BCUT2D eigenvalue weighted by atomic mass is 19.1. The van der Waals surface area contributed by atoms with Crippen LogP contribution in [0.1, 0.15) is 5.56 Å². The van der Waals surface area contributed by atoms with Crippen LogP contribution >= 0.6 is 0 Å². The molecule has 114 valence electrons. The van der Waals surface area contributed by atoms with Crippen molar-refractivity contribution in [3.8, 4) is 28.6 Å². The Hall–Kier alpha value is -3.13. The molecule has 0 fully saturated rings. The van der Waals surface area contributed by atoms with Crippen LogP contribution in [-0.2, 0) is 0 Å². The van der Waals surface area contributed by atoms with Gasteiger partial charge in [0.05, 0.1) is 23.0 Å². The number of H-pyrrole nitrogens is 1. The minimum Gasteiger partial charge on any atom is -0.378 e. The lowest BCUT2D eigenvalue weighted by Gasteiger charge is -2.12. The first kappa shape index (κ1) is 14.8. The van der Waals surface area contributed by atoms with Crippen LogP contribution in [0.15, 0.2) is 48.5 Å². The summed E-state index contributed by atoms with van der Waals surface area (Å²) in [6, 6.07) is 16.0. The maximum Gasteiger partial charge on any atom is 0.125 e. The molecule has 1 heterocycles. The number of nitrogens with one attached hydrogen (secondary N) is 1. The summed E-state index contributed by atoms with van der Waals surface area (Å²) in [7, 11) is 3.97. The fourth-order valence-electron chi connectivity index (χ4n) is 2.36. The number of nitrogens with zero attached hydrogens (tertiary/aromatic N) is 3. The van der Waals surface area contributed by atoms with Gasteiger partial charge in [-0.1, -0.05) is 12.1 Å². The van der Waals surface area contributed by atoms with E-state index < -0.39 is 5.82 Å². The summed E-state index contributed by atoms with van der Waals surface area (Å²) in [4.78, 5) is 2.03. The van der Waals surface area contributed by atoms with Crippen molar-refractivity contribution < 1.29 is 4.39 Å². The molecule has 0 aliphatic heterocycles. The summed E-state index contributed by atoms with van der Waals surface area (Å²) >= 11 is 0. The van der Waals surface area contributed by atoms with Crippen LogP contribution in [0.25, 0.3) is 22.5 Å². The maximum absolute atomic E-state index is 13.6. The van der Waals surface area contributed by atoms with Crippen LogP contribution in [0.4, 0.5) is 10.1 Å². The van der Waals surface area contributed by atoms with Crippen molar-refractivity contribution in [2.75, 3.05) is 19.0 Å². The summed E-state index contributed by atoms with van der Waals surface area (Å²) in [6.07, 6.45) is 0. The van der Waals surface area contributed by atoms with Crippen LogP contribution in [-0.4, -0.2) is 24.3 Å². The molecule has 0 aliphatic rings. The second-order valence-electron chi connectivity index (χ2n) is 5.45. The molecular formula is C18H15FN4. The Morgan fingerprint density at radius 2 is 1.78 bits per heavy atom. The van der Waals surface area contributed by atoms with E-state index in [1.807, 2.05) is 55.4 Å². The molecule has 0 aliphatic carbocycles. The summed E-state index contributed by atoms with van der Waals surface area (Å²) in [5.41, 5.74) is 4.40. The predicted molar refractivity (Wildman–Crippen MR) is 88.5 cm³/mol. The molecule has 23 heavy (non-hydrogen) atoms. The lowest BCUT2D eigenvalue weighted by Crippen LogP contribution is -2.07. The minimum absolute atomic E-state index is 0.278. The predicted octanol–water partition coefficient (Wildman–Crippen LogP) is 3.82. The Kier molecular flexibility index (Phi) is 3.82. The molecule has 0 spiro atoms. The molecule has 1 N–H and O–H groups in total. The standard InChI is InChI=1S/C18H15FN4/c1-23(2)16-5-3-13(4-6-16)17-10-18(22-21-17)14-7-12(11-20)8-15(19)9-14/h3-10H,1-2H3,(H,21,22). The van der Waals surface area contributed by atoms with Gasteiger partial charge < -0.3 is 4.90 Å². The lowest BCUT2D eigenvalue weighted by molar-refractivity contribution is 0.628. The average molecular weight is 306 g/mol. The largest absolute Gasteiger partial charge is 0.378 e. The number of nitriles is 1. The van der Waals surface area contributed by atoms with E-state index in [9.17, 15) is 4.39 Å². The van der Waals surface area contributed by atoms with E-state index >= 15 is 0 Å². The number of hydrogen-bond donors (Lipinski definition) is 1. The van der Waals surface area contributed by atoms with Gasteiger partial charge >= 0.3 is 0 Å². The van der Waals surface area contributed by atoms with E-state index in [0.29, 0.717) is 11.3 Å². The van der Waals surface area contributed by atoms with Gasteiger partial charge in [-0.05, 0) is 42.0 Å². The Morgan fingerprint density at radius 1 is 1.04 bits per heavy atom. The quantitative estimate of drug-likeness (QED) is 0.800. The second kappa shape index (κ2) is 5.93.